The highest BCUT2D eigenvalue weighted by atomic mass is 16.7. The molecule has 1 heterocycles. The summed E-state index contributed by atoms with van der Waals surface area (Å²) >= 11 is 0. The summed E-state index contributed by atoms with van der Waals surface area (Å²) in [5.41, 5.74) is 0. The molecular weight excluding hydrogens is 1020 g/mol. The number of ether oxygens (including phenoxy) is 2. The molecule has 1 aliphatic heterocycles. The number of hydrogen-bond donors (Lipinski definition) is 6. The van der Waals surface area contributed by atoms with Crippen LogP contribution in [0.4, 0.5) is 0 Å². The van der Waals surface area contributed by atoms with Crippen LogP contribution in [0.1, 0.15) is 316 Å². The molecule has 0 radical (unpaired) electrons. The number of aliphatic hydroxyl groups is 5. The van der Waals surface area contributed by atoms with E-state index in [-0.39, 0.29) is 12.5 Å². The summed E-state index contributed by atoms with van der Waals surface area (Å²) in [7, 11) is 0. The van der Waals surface area contributed by atoms with E-state index < -0.39 is 49.5 Å². The van der Waals surface area contributed by atoms with Crippen LogP contribution in [0.5, 0.6) is 0 Å². The molecule has 7 unspecified atom stereocenters. The first kappa shape index (κ1) is 77.4. The van der Waals surface area contributed by atoms with Crippen LogP contribution in [0.3, 0.4) is 0 Å². The Morgan fingerprint density at radius 2 is 0.768 bits per heavy atom. The molecule has 0 aromatic rings. The average molecular weight is 1150 g/mol. The van der Waals surface area contributed by atoms with E-state index in [1.807, 2.05) is 6.08 Å². The van der Waals surface area contributed by atoms with E-state index in [9.17, 15) is 30.3 Å². The second kappa shape index (κ2) is 61.5. The third-order valence-corrected chi connectivity index (χ3v) is 16.2. The van der Waals surface area contributed by atoms with E-state index in [1.165, 1.54) is 225 Å². The van der Waals surface area contributed by atoms with Crippen LogP contribution in [0, 0.1) is 0 Å². The Labute approximate surface area is 505 Å². The van der Waals surface area contributed by atoms with Gasteiger partial charge in [-0.25, -0.2) is 0 Å². The van der Waals surface area contributed by atoms with E-state index >= 15 is 0 Å². The molecule has 0 bridgehead atoms. The maximum atomic E-state index is 13.1. The lowest BCUT2D eigenvalue weighted by Crippen LogP contribution is -2.60. The number of nitrogens with one attached hydrogen (secondary N) is 1. The Morgan fingerprint density at radius 3 is 1.17 bits per heavy atom. The number of unbranched alkanes of at least 4 members (excludes halogenated alkanes) is 38. The molecule has 7 atom stereocenters. The van der Waals surface area contributed by atoms with Crippen molar-refractivity contribution in [2.45, 2.75) is 358 Å². The molecule has 1 amide bonds. The van der Waals surface area contributed by atoms with Gasteiger partial charge in [0.25, 0.3) is 0 Å². The Balaban J connectivity index is 2.09. The first-order valence-electron chi connectivity index (χ1n) is 34.8. The topological polar surface area (TPSA) is 149 Å². The highest BCUT2D eigenvalue weighted by molar-refractivity contribution is 5.76. The lowest BCUT2D eigenvalue weighted by molar-refractivity contribution is -0.302. The zero-order valence-corrected chi connectivity index (χ0v) is 53.2. The number of rotatable bonds is 60. The molecule has 0 aliphatic carbocycles. The zero-order valence-electron chi connectivity index (χ0n) is 53.2. The van der Waals surface area contributed by atoms with E-state index in [1.54, 1.807) is 6.08 Å². The Morgan fingerprint density at radius 1 is 0.427 bits per heavy atom. The first-order valence-corrected chi connectivity index (χ1v) is 34.8. The minimum Gasteiger partial charge on any atom is -0.394 e. The molecule has 0 saturated carbocycles. The maximum Gasteiger partial charge on any atom is 0.220 e. The minimum atomic E-state index is -1.57. The summed E-state index contributed by atoms with van der Waals surface area (Å²) in [5, 5.41) is 54.7. The summed E-state index contributed by atoms with van der Waals surface area (Å²) in [6.45, 7) is 3.68. The Kier molecular flexibility index (Phi) is 58.0. The van der Waals surface area contributed by atoms with Crippen LogP contribution in [0.15, 0.2) is 85.1 Å². The second-order valence-electron chi connectivity index (χ2n) is 23.9. The van der Waals surface area contributed by atoms with Crippen LogP contribution in [0.2, 0.25) is 0 Å². The number of aliphatic hydroxyl groups excluding tert-OH is 5. The van der Waals surface area contributed by atoms with E-state index in [2.05, 4.69) is 92.1 Å². The summed E-state index contributed by atoms with van der Waals surface area (Å²) in [6.07, 6.45) is 81.2. The van der Waals surface area contributed by atoms with E-state index in [0.29, 0.717) is 6.42 Å². The lowest BCUT2D eigenvalue weighted by Gasteiger charge is -2.40. The summed E-state index contributed by atoms with van der Waals surface area (Å²) in [5.74, 6) is -0.183. The highest BCUT2D eigenvalue weighted by Crippen LogP contribution is 2.23. The second-order valence-corrected chi connectivity index (χ2v) is 23.9. The van der Waals surface area contributed by atoms with Gasteiger partial charge >= 0.3 is 0 Å². The summed E-state index contributed by atoms with van der Waals surface area (Å²) < 4.78 is 11.3. The molecule has 1 rings (SSSR count). The van der Waals surface area contributed by atoms with Crippen molar-refractivity contribution < 1.29 is 39.8 Å². The van der Waals surface area contributed by atoms with Crippen molar-refractivity contribution in [3.8, 4) is 0 Å². The van der Waals surface area contributed by atoms with Gasteiger partial charge in [0.2, 0.25) is 5.91 Å². The Bertz CT molecular complexity index is 1570. The van der Waals surface area contributed by atoms with Crippen LogP contribution in [-0.2, 0) is 14.3 Å². The third kappa shape index (κ3) is 49.6. The smallest absolute Gasteiger partial charge is 0.220 e. The van der Waals surface area contributed by atoms with Gasteiger partial charge in [-0.1, -0.05) is 317 Å². The van der Waals surface area contributed by atoms with Gasteiger partial charge in [-0.3, -0.25) is 4.79 Å². The molecule has 0 spiro atoms. The van der Waals surface area contributed by atoms with Gasteiger partial charge in [0.15, 0.2) is 6.29 Å². The number of carbonyl (C=O) groups excluding carboxylic acids is 1. The fourth-order valence-electron chi connectivity index (χ4n) is 10.8. The molecule has 0 aromatic carbocycles. The molecule has 476 valence electrons. The van der Waals surface area contributed by atoms with Crippen LogP contribution in [0.25, 0.3) is 0 Å². The van der Waals surface area contributed by atoms with Crippen LogP contribution < -0.4 is 5.32 Å². The minimum absolute atomic E-state index is 0.183. The number of hydrogen-bond acceptors (Lipinski definition) is 8. The molecule has 6 N–H and O–H groups in total. The SMILES string of the molecule is CC/C=C\C/C=C\C/C=C\C/C=C\C/C=C\CCCCCCCCCCCCCCCCCCCCCCCCCC(=O)NC(COC1OC(CO)C(O)C(O)C1O)C(O)/C=C/CC/C=C/CCCCCCCCCCCCCCCC. The fourth-order valence-corrected chi connectivity index (χ4v) is 10.8. The van der Waals surface area contributed by atoms with E-state index in [0.717, 1.165) is 70.6 Å². The van der Waals surface area contributed by atoms with Crippen molar-refractivity contribution in [2.75, 3.05) is 13.2 Å². The van der Waals surface area contributed by atoms with E-state index in [4.69, 9.17) is 9.47 Å². The van der Waals surface area contributed by atoms with Gasteiger partial charge in [-0.2, -0.15) is 0 Å². The van der Waals surface area contributed by atoms with Gasteiger partial charge in [-0.05, 0) is 77.0 Å². The fraction of sp³-hybridized carbons (Fsp3) is 0.795. The third-order valence-electron chi connectivity index (χ3n) is 16.2. The average Bonchev–Trinajstić information content (AvgIpc) is 3.52. The molecule has 1 fully saturated rings. The van der Waals surface area contributed by atoms with Gasteiger partial charge in [0.05, 0.1) is 25.4 Å². The van der Waals surface area contributed by atoms with Crippen LogP contribution in [-0.4, -0.2) is 87.5 Å². The van der Waals surface area contributed by atoms with Crippen molar-refractivity contribution in [2.24, 2.45) is 0 Å². The monoisotopic (exact) mass is 1150 g/mol. The molecule has 0 aromatic heterocycles. The van der Waals surface area contributed by atoms with Gasteiger partial charge < -0.3 is 40.3 Å². The molecule has 1 saturated heterocycles. The Hall–Kier alpha value is -2.63. The van der Waals surface area contributed by atoms with Crippen molar-refractivity contribution in [1.29, 1.82) is 0 Å². The standard InChI is InChI=1S/C73H131NO8/c1-3-5-7-9-11-13-15-17-19-21-23-25-26-27-28-29-30-31-32-33-34-35-36-37-38-39-40-41-42-43-45-47-49-51-53-55-57-59-61-63-69(77)74-66(65-81-73-72(80)71(79)70(78)68(64-75)82-73)67(76)62-60-58-56-54-52-50-48-46-44-24-22-20-18-16-14-12-10-8-6-4-2/h5,7,11,13,17,19,23,25,27-28,52,54,60,62,66-68,70-73,75-76,78-80H,3-4,6,8-10,12,14-16,18,20-22,24,26,29-51,53,55-59,61,63-65H2,1-2H3,(H,74,77)/b7-5-,13-11-,19-17-,25-23-,28-27-,54-52+,62-60+. The molecular formula is C73H131NO8. The van der Waals surface area contributed by atoms with Crippen molar-refractivity contribution in [1.82, 2.24) is 5.32 Å². The lowest BCUT2D eigenvalue weighted by atomic mass is 9.99. The van der Waals surface area contributed by atoms with Crippen molar-refractivity contribution >= 4 is 5.91 Å². The molecule has 1 aliphatic rings. The predicted molar refractivity (Wildman–Crippen MR) is 350 cm³/mol. The number of amides is 1. The maximum absolute atomic E-state index is 13.1. The molecule has 9 nitrogen and oxygen atoms in total. The van der Waals surface area contributed by atoms with Crippen LogP contribution >= 0.6 is 0 Å². The highest BCUT2D eigenvalue weighted by Gasteiger charge is 2.44. The van der Waals surface area contributed by atoms with Gasteiger partial charge in [0.1, 0.15) is 24.4 Å². The summed E-state index contributed by atoms with van der Waals surface area (Å²) in [6, 6.07) is -0.824. The predicted octanol–water partition coefficient (Wildman–Crippen LogP) is 18.9. The number of allylic oxidation sites excluding steroid dienone is 13. The molecule has 9 heteroatoms. The normalized spacial score (nSPS) is 18.8. The summed E-state index contributed by atoms with van der Waals surface area (Å²) in [4.78, 5) is 13.1. The largest absolute Gasteiger partial charge is 0.394 e. The number of carbonyl (C=O) groups is 1. The first-order chi connectivity index (χ1) is 40.3. The van der Waals surface area contributed by atoms with Crippen molar-refractivity contribution in [3.05, 3.63) is 85.1 Å². The van der Waals surface area contributed by atoms with Gasteiger partial charge in [0, 0.05) is 6.42 Å². The quantitative estimate of drug-likeness (QED) is 0.0261. The molecule has 82 heavy (non-hydrogen) atoms. The van der Waals surface area contributed by atoms with Gasteiger partial charge in [-0.15, -0.1) is 0 Å². The zero-order chi connectivity index (χ0) is 59.3. The van der Waals surface area contributed by atoms with Crippen molar-refractivity contribution in [3.63, 3.8) is 0 Å².